The van der Waals surface area contributed by atoms with Crippen molar-refractivity contribution in [1.82, 2.24) is 4.90 Å². The number of rotatable bonds is 4. The van der Waals surface area contributed by atoms with Crippen LogP contribution in [0.1, 0.15) is 41.0 Å². The SMILES string of the molecule is COC(=O)C[C@@H](O)[C@H](O)[C@H]1[C@H]2OC(C)(C)O[C@H]2CN1C(=O)OC(C)(C)C. The summed E-state index contributed by atoms with van der Waals surface area (Å²) in [6.07, 6.45) is -5.04. The number of carbonyl (C=O) groups is 2. The zero-order valence-electron chi connectivity index (χ0n) is 16.1. The fourth-order valence-corrected chi connectivity index (χ4v) is 3.28. The van der Waals surface area contributed by atoms with E-state index in [9.17, 15) is 19.8 Å². The average molecular weight is 375 g/mol. The van der Waals surface area contributed by atoms with Crippen molar-refractivity contribution < 1.29 is 38.7 Å². The Morgan fingerprint density at radius 2 is 1.88 bits per heavy atom. The highest BCUT2D eigenvalue weighted by atomic mass is 16.8. The summed E-state index contributed by atoms with van der Waals surface area (Å²) in [5.74, 6) is -1.54. The molecule has 2 aliphatic rings. The molecule has 0 unspecified atom stereocenters. The molecule has 1 amide bonds. The van der Waals surface area contributed by atoms with E-state index in [2.05, 4.69) is 4.74 Å². The van der Waals surface area contributed by atoms with Crippen LogP contribution in [-0.4, -0.2) is 82.7 Å². The van der Waals surface area contributed by atoms with Crippen molar-refractivity contribution in [3.63, 3.8) is 0 Å². The van der Waals surface area contributed by atoms with Gasteiger partial charge in [0.05, 0.1) is 32.2 Å². The van der Waals surface area contributed by atoms with Gasteiger partial charge in [0.2, 0.25) is 0 Å². The summed E-state index contributed by atoms with van der Waals surface area (Å²) in [5, 5.41) is 20.9. The van der Waals surface area contributed by atoms with Gasteiger partial charge in [-0.3, -0.25) is 9.69 Å². The van der Waals surface area contributed by atoms with Gasteiger partial charge in [-0.1, -0.05) is 0 Å². The maximum absolute atomic E-state index is 12.6. The Hall–Kier alpha value is -1.42. The van der Waals surface area contributed by atoms with Crippen LogP contribution in [0.25, 0.3) is 0 Å². The molecule has 2 rings (SSSR count). The first kappa shape index (κ1) is 20.9. The molecular formula is C17H29NO8. The van der Waals surface area contributed by atoms with Gasteiger partial charge in [0, 0.05) is 0 Å². The van der Waals surface area contributed by atoms with Crippen LogP contribution >= 0.6 is 0 Å². The van der Waals surface area contributed by atoms with E-state index in [0.717, 1.165) is 0 Å². The van der Waals surface area contributed by atoms with Gasteiger partial charge in [0.1, 0.15) is 23.9 Å². The molecule has 0 bridgehead atoms. The number of hydrogen-bond acceptors (Lipinski definition) is 8. The molecule has 26 heavy (non-hydrogen) atoms. The first-order valence-electron chi connectivity index (χ1n) is 8.63. The van der Waals surface area contributed by atoms with E-state index in [0.29, 0.717) is 0 Å². The summed E-state index contributed by atoms with van der Waals surface area (Å²) in [6.45, 7) is 8.81. The fourth-order valence-electron chi connectivity index (χ4n) is 3.28. The molecule has 0 aromatic heterocycles. The molecule has 9 nitrogen and oxygen atoms in total. The zero-order chi connectivity index (χ0) is 19.9. The minimum Gasteiger partial charge on any atom is -0.469 e. The third kappa shape index (κ3) is 4.64. The summed E-state index contributed by atoms with van der Waals surface area (Å²) >= 11 is 0. The summed E-state index contributed by atoms with van der Waals surface area (Å²) in [7, 11) is 1.19. The molecule has 0 saturated carbocycles. The van der Waals surface area contributed by atoms with Crippen LogP contribution in [0.2, 0.25) is 0 Å². The molecule has 5 atom stereocenters. The smallest absolute Gasteiger partial charge is 0.410 e. The van der Waals surface area contributed by atoms with Gasteiger partial charge >= 0.3 is 12.1 Å². The standard InChI is InChI=1S/C17H29NO8/c1-16(2,3)26-15(22)18-8-10-14(25-17(4,5)24-10)12(18)13(21)9(19)7-11(20)23-6/h9-10,12-14,19,21H,7-8H2,1-6H3/t9-,10+,12+,13+,14+/m1/s1. The summed E-state index contributed by atoms with van der Waals surface area (Å²) in [6, 6.07) is -0.920. The van der Waals surface area contributed by atoms with Crippen LogP contribution in [0.4, 0.5) is 4.79 Å². The quantitative estimate of drug-likeness (QED) is 0.679. The van der Waals surface area contributed by atoms with E-state index in [1.165, 1.54) is 12.0 Å². The summed E-state index contributed by atoms with van der Waals surface area (Å²) in [5.41, 5.74) is -0.726. The number of aliphatic hydroxyl groups excluding tert-OH is 2. The molecule has 0 radical (unpaired) electrons. The number of fused-ring (bicyclic) bond motifs is 1. The lowest BCUT2D eigenvalue weighted by molar-refractivity contribution is -0.171. The Bertz CT molecular complexity index is 543. The lowest BCUT2D eigenvalue weighted by Gasteiger charge is -2.35. The second kappa shape index (κ2) is 7.30. The van der Waals surface area contributed by atoms with Crippen LogP contribution in [-0.2, 0) is 23.7 Å². The minimum absolute atomic E-state index is 0.148. The summed E-state index contributed by atoms with van der Waals surface area (Å²) in [4.78, 5) is 25.3. The predicted molar refractivity (Wildman–Crippen MR) is 89.2 cm³/mol. The molecule has 0 spiro atoms. The van der Waals surface area contributed by atoms with Crippen molar-refractivity contribution in [3.05, 3.63) is 0 Å². The van der Waals surface area contributed by atoms with Crippen LogP contribution < -0.4 is 0 Å². The molecule has 0 aromatic rings. The number of ether oxygens (including phenoxy) is 4. The van der Waals surface area contributed by atoms with Gasteiger partial charge in [0.15, 0.2) is 5.79 Å². The van der Waals surface area contributed by atoms with Crippen molar-refractivity contribution in [1.29, 1.82) is 0 Å². The molecule has 2 aliphatic heterocycles. The van der Waals surface area contributed by atoms with Gasteiger partial charge in [0.25, 0.3) is 0 Å². The third-order valence-corrected chi connectivity index (χ3v) is 4.27. The lowest BCUT2D eigenvalue weighted by Crippen LogP contribution is -2.54. The maximum atomic E-state index is 12.6. The van der Waals surface area contributed by atoms with Gasteiger partial charge < -0.3 is 29.2 Å². The molecule has 0 aliphatic carbocycles. The van der Waals surface area contributed by atoms with Crippen LogP contribution in [0, 0.1) is 0 Å². The van der Waals surface area contributed by atoms with E-state index >= 15 is 0 Å². The zero-order valence-corrected chi connectivity index (χ0v) is 16.1. The lowest BCUT2D eigenvalue weighted by atomic mass is 9.98. The second-order valence-electron chi connectivity index (χ2n) is 8.10. The number of likely N-dealkylation sites (tertiary alicyclic amines) is 1. The highest BCUT2D eigenvalue weighted by molar-refractivity contribution is 5.70. The topological polar surface area (TPSA) is 115 Å². The number of hydrogen-bond donors (Lipinski definition) is 2. The molecule has 2 saturated heterocycles. The predicted octanol–water partition coefficient (Wildman–Crippen LogP) is 0.411. The van der Waals surface area contributed by atoms with E-state index in [1.54, 1.807) is 34.6 Å². The first-order valence-corrected chi connectivity index (χ1v) is 8.63. The Morgan fingerprint density at radius 3 is 2.42 bits per heavy atom. The molecule has 9 heteroatoms. The van der Waals surface area contributed by atoms with Crippen molar-refractivity contribution in [2.45, 2.75) is 82.9 Å². The van der Waals surface area contributed by atoms with Gasteiger partial charge in [-0.15, -0.1) is 0 Å². The number of aliphatic hydroxyl groups is 2. The van der Waals surface area contributed by atoms with E-state index in [-0.39, 0.29) is 6.54 Å². The number of carbonyl (C=O) groups excluding carboxylic acids is 2. The van der Waals surface area contributed by atoms with Gasteiger partial charge in [-0.05, 0) is 34.6 Å². The monoisotopic (exact) mass is 375 g/mol. The van der Waals surface area contributed by atoms with Crippen molar-refractivity contribution >= 4 is 12.1 Å². The Kier molecular flexibility index (Phi) is 5.86. The Morgan fingerprint density at radius 1 is 1.27 bits per heavy atom. The largest absolute Gasteiger partial charge is 0.469 e. The van der Waals surface area contributed by atoms with E-state index < -0.39 is 60.3 Å². The van der Waals surface area contributed by atoms with Crippen LogP contribution in [0.3, 0.4) is 0 Å². The van der Waals surface area contributed by atoms with Crippen molar-refractivity contribution in [3.8, 4) is 0 Å². The number of esters is 1. The van der Waals surface area contributed by atoms with E-state index in [1.807, 2.05) is 0 Å². The fraction of sp³-hybridized carbons (Fsp3) is 0.882. The van der Waals surface area contributed by atoms with Gasteiger partial charge in [-0.25, -0.2) is 4.79 Å². The Balaban J connectivity index is 2.22. The average Bonchev–Trinajstić information content (AvgIpc) is 2.96. The number of nitrogens with zero attached hydrogens (tertiary/aromatic N) is 1. The molecule has 2 fully saturated rings. The highest BCUT2D eigenvalue weighted by Gasteiger charge is 2.57. The van der Waals surface area contributed by atoms with Crippen molar-refractivity contribution in [2.24, 2.45) is 0 Å². The van der Waals surface area contributed by atoms with E-state index in [4.69, 9.17) is 14.2 Å². The van der Waals surface area contributed by atoms with Gasteiger partial charge in [-0.2, -0.15) is 0 Å². The van der Waals surface area contributed by atoms with Crippen LogP contribution in [0.5, 0.6) is 0 Å². The Labute approximate surface area is 153 Å². The molecule has 2 heterocycles. The second-order valence-corrected chi connectivity index (χ2v) is 8.10. The third-order valence-electron chi connectivity index (χ3n) is 4.27. The summed E-state index contributed by atoms with van der Waals surface area (Å²) < 4.78 is 21.5. The maximum Gasteiger partial charge on any atom is 0.410 e. The normalized spacial score (nSPS) is 29.8. The van der Waals surface area contributed by atoms with Crippen LogP contribution in [0.15, 0.2) is 0 Å². The number of methoxy groups -OCH3 is 1. The molecule has 2 N–H and O–H groups in total. The molecular weight excluding hydrogens is 346 g/mol. The van der Waals surface area contributed by atoms with Crippen molar-refractivity contribution in [2.75, 3.05) is 13.7 Å². The molecule has 0 aromatic carbocycles. The minimum atomic E-state index is -1.44. The first-order chi connectivity index (χ1) is 11.8. The molecule has 150 valence electrons. The highest BCUT2D eigenvalue weighted by Crippen LogP contribution is 2.39. The number of amides is 1.